The van der Waals surface area contributed by atoms with Gasteiger partial charge in [-0.2, -0.15) is 0 Å². The molecule has 0 aliphatic rings. The summed E-state index contributed by atoms with van der Waals surface area (Å²) < 4.78 is 5.53. The first kappa shape index (κ1) is 13.2. The zero-order chi connectivity index (χ0) is 14.8. The Kier molecular flexibility index (Phi) is 3.35. The van der Waals surface area contributed by atoms with Crippen LogP contribution in [0.5, 0.6) is 0 Å². The first-order chi connectivity index (χ1) is 10.2. The summed E-state index contributed by atoms with van der Waals surface area (Å²) in [6.45, 7) is 3.77. The number of Topliss-reactive ketones (excluding diaryl/α,β-unsaturated/α-hetero) is 1. The third-order valence-electron chi connectivity index (χ3n) is 3.18. The number of ketones is 1. The van der Waals surface area contributed by atoms with E-state index in [9.17, 15) is 4.79 Å². The van der Waals surface area contributed by atoms with Crippen molar-refractivity contribution in [1.82, 2.24) is 15.0 Å². The Balaban J connectivity index is 2.00. The van der Waals surface area contributed by atoms with Crippen LogP contribution in [0.3, 0.4) is 0 Å². The highest BCUT2D eigenvalue weighted by Crippen LogP contribution is 2.29. The van der Waals surface area contributed by atoms with E-state index in [1.807, 2.05) is 18.2 Å². The Bertz CT molecular complexity index is 796. The fraction of sp³-hybridized carbons (Fsp3) is 0.200. The molecule has 6 heteroatoms. The van der Waals surface area contributed by atoms with Gasteiger partial charge in [0.2, 0.25) is 5.71 Å². The van der Waals surface area contributed by atoms with Crippen LogP contribution in [-0.4, -0.2) is 20.7 Å². The number of nitrogens with zero attached hydrogens (tertiary/aromatic N) is 3. The lowest BCUT2D eigenvalue weighted by Crippen LogP contribution is -2.05. The van der Waals surface area contributed by atoms with E-state index in [-0.39, 0.29) is 5.78 Å². The number of fused-ring (bicyclic) bond motifs is 1. The Hall–Kier alpha value is -2.76. The molecule has 3 aromatic rings. The number of rotatable bonds is 4. The van der Waals surface area contributed by atoms with E-state index in [0.717, 1.165) is 5.69 Å². The molecule has 0 bridgehead atoms. The lowest BCUT2D eigenvalue weighted by Gasteiger charge is -2.06. The third kappa shape index (κ3) is 2.47. The Morgan fingerprint density at radius 3 is 2.86 bits per heavy atom. The van der Waals surface area contributed by atoms with Crippen molar-refractivity contribution in [3.8, 4) is 0 Å². The molecule has 0 saturated carbocycles. The molecule has 0 atom stereocenters. The van der Waals surface area contributed by atoms with Gasteiger partial charge >= 0.3 is 0 Å². The van der Waals surface area contributed by atoms with E-state index in [2.05, 4.69) is 20.3 Å². The fourth-order valence-corrected chi connectivity index (χ4v) is 2.28. The molecular formula is C15H14N4O2. The average molecular weight is 282 g/mol. The van der Waals surface area contributed by atoms with Crippen LogP contribution in [0.4, 0.5) is 5.82 Å². The van der Waals surface area contributed by atoms with Crippen LogP contribution in [0.15, 0.2) is 35.1 Å². The van der Waals surface area contributed by atoms with Crippen molar-refractivity contribution in [2.75, 3.05) is 5.32 Å². The van der Waals surface area contributed by atoms with Gasteiger partial charge in [-0.3, -0.25) is 9.78 Å². The molecule has 106 valence electrons. The minimum absolute atomic E-state index is 0.0677. The highest BCUT2D eigenvalue weighted by molar-refractivity contribution is 6.09. The first-order valence-electron chi connectivity index (χ1n) is 6.55. The second kappa shape index (κ2) is 5.32. The molecule has 6 nitrogen and oxygen atoms in total. The number of nitrogens with one attached hydrogen (secondary N) is 1. The van der Waals surface area contributed by atoms with Gasteiger partial charge in [0.15, 0.2) is 5.78 Å². The van der Waals surface area contributed by atoms with Crippen molar-refractivity contribution in [2.24, 2.45) is 0 Å². The molecule has 0 fully saturated rings. The van der Waals surface area contributed by atoms with Gasteiger partial charge in [0.1, 0.15) is 17.9 Å². The van der Waals surface area contributed by atoms with Gasteiger partial charge in [0.25, 0.3) is 0 Å². The van der Waals surface area contributed by atoms with Gasteiger partial charge in [0, 0.05) is 6.20 Å². The average Bonchev–Trinajstić information content (AvgIpc) is 2.82. The number of carbonyl (C=O) groups is 1. The van der Waals surface area contributed by atoms with Crippen molar-refractivity contribution in [3.63, 3.8) is 0 Å². The maximum absolute atomic E-state index is 11.8. The summed E-state index contributed by atoms with van der Waals surface area (Å²) >= 11 is 0. The molecule has 0 saturated heterocycles. The highest BCUT2D eigenvalue weighted by atomic mass is 16.3. The van der Waals surface area contributed by atoms with E-state index in [0.29, 0.717) is 34.8 Å². The maximum atomic E-state index is 11.8. The predicted octanol–water partition coefficient (Wildman–Crippen LogP) is 2.74. The zero-order valence-corrected chi connectivity index (χ0v) is 11.8. The van der Waals surface area contributed by atoms with Crippen molar-refractivity contribution >= 4 is 22.7 Å². The summed E-state index contributed by atoms with van der Waals surface area (Å²) in [5.74, 6) is 1.06. The third-order valence-corrected chi connectivity index (χ3v) is 3.18. The van der Waals surface area contributed by atoms with Crippen LogP contribution in [0.25, 0.3) is 11.1 Å². The molecule has 1 N–H and O–H groups in total. The standard InChI is InChI=1S/C15H14N4O2/c1-9(20)12-10(2)21-15-13(12)14(18-8-19-15)17-7-11-5-3-4-6-16-11/h3-6,8H,7H2,1-2H3,(H,17,18,19). The summed E-state index contributed by atoms with van der Waals surface area (Å²) in [6, 6.07) is 5.69. The van der Waals surface area contributed by atoms with Gasteiger partial charge in [0.05, 0.1) is 23.2 Å². The largest absolute Gasteiger partial charge is 0.442 e. The van der Waals surface area contributed by atoms with Gasteiger partial charge in [-0.05, 0) is 26.0 Å². The number of hydrogen-bond donors (Lipinski definition) is 1. The maximum Gasteiger partial charge on any atom is 0.232 e. The second-order valence-corrected chi connectivity index (χ2v) is 4.67. The number of anilines is 1. The summed E-state index contributed by atoms with van der Waals surface area (Å²) in [5.41, 5.74) is 1.82. The fourth-order valence-electron chi connectivity index (χ4n) is 2.28. The molecule has 0 aliphatic heterocycles. The highest BCUT2D eigenvalue weighted by Gasteiger charge is 2.19. The van der Waals surface area contributed by atoms with E-state index >= 15 is 0 Å². The SMILES string of the molecule is CC(=O)c1c(C)oc2ncnc(NCc3ccccn3)c12. The molecule has 3 aromatic heterocycles. The molecule has 3 rings (SSSR count). The Morgan fingerprint density at radius 2 is 2.14 bits per heavy atom. The van der Waals surface area contributed by atoms with Crippen LogP contribution in [0.1, 0.15) is 28.7 Å². The molecule has 0 spiro atoms. The molecular weight excluding hydrogens is 268 g/mol. The summed E-state index contributed by atoms with van der Waals surface area (Å²) in [7, 11) is 0. The van der Waals surface area contributed by atoms with Crippen LogP contribution < -0.4 is 5.32 Å². The lowest BCUT2D eigenvalue weighted by molar-refractivity contribution is 0.101. The second-order valence-electron chi connectivity index (χ2n) is 4.67. The van der Waals surface area contributed by atoms with Gasteiger partial charge in [-0.15, -0.1) is 0 Å². The number of carbonyl (C=O) groups excluding carboxylic acids is 1. The lowest BCUT2D eigenvalue weighted by atomic mass is 10.1. The predicted molar refractivity (Wildman–Crippen MR) is 78.1 cm³/mol. The topological polar surface area (TPSA) is 80.9 Å². The first-order valence-corrected chi connectivity index (χ1v) is 6.55. The van der Waals surface area contributed by atoms with E-state index in [4.69, 9.17) is 4.42 Å². The van der Waals surface area contributed by atoms with Crippen LogP contribution >= 0.6 is 0 Å². The Labute approximate surface area is 121 Å². The zero-order valence-electron chi connectivity index (χ0n) is 11.8. The smallest absolute Gasteiger partial charge is 0.232 e. The summed E-state index contributed by atoms with van der Waals surface area (Å²) in [6.07, 6.45) is 3.14. The molecule has 3 heterocycles. The van der Waals surface area contributed by atoms with Crippen molar-refractivity contribution < 1.29 is 9.21 Å². The van der Waals surface area contributed by atoms with E-state index in [1.165, 1.54) is 13.3 Å². The molecule has 0 unspecified atom stereocenters. The van der Waals surface area contributed by atoms with Crippen LogP contribution in [0, 0.1) is 6.92 Å². The van der Waals surface area contributed by atoms with Gasteiger partial charge in [-0.25, -0.2) is 9.97 Å². The molecule has 0 radical (unpaired) electrons. The molecule has 0 aliphatic carbocycles. The quantitative estimate of drug-likeness (QED) is 0.741. The van der Waals surface area contributed by atoms with Gasteiger partial charge in [-0.1, -0.05) is 6.07 Å². The minimum atomic E-state index is -0.0677. The van der Waals surface area contributed by atoms with Crippen molar-refractivity contribution in [3.05, 3.63) is 47.7 Å². The molecule has 21 heavy (non-hydrogen) atoms. The van der Waals surface area contributed by atoms with Crippen LogP contribution in [-0.2, 0) is 6.54 Å². The summed E-state index contributed by atoms with van der Waals surface area (Å²) in [4.78, 5) is 24.3. The van der Waals surface area contributed by atoms with Crippen molar-refractivity contribution in [1.29, 1.82) is 0 Å². The monoisotopic (exact) mass is 282 g/mol. The minimum Gasteiger partial charge on any atom is -0.442 e. The van der Waals surface area contributed by atoms with Crippen molar-refractivity contribution in [2.45, 2.75) is 20.4 Å². The molecule has 0 aromatic carbocycles. The number of aryl methyl sites for hydroxylation is 1. The number of aromatic nitrogens is 3. The van der Waals surface area contributed by atoms with Crippen LogP contribution in [0.2, 0.25) is 0 Å². The Morgan fingerprint density at radius 1 is 1.29 bits per heavy atom. The van der Waals surface area contributed by atoms with E-state index < -0.39 is 0 Å². The number of furan rings is 1. The van der Waals surface area contributed by atoms with E-state index in [1.54, 1.807) is 13.1 Å². The number of hydrogen-bond acceptors (Lipinski definition) is 6. The summed E-state index contributed by atoms with van der Waals surface area (Å²) in [5, 5.41) is 3.81. The number of pyridine rings is 1. The molecule has 0 amide bonds. The van der Waals surface area contributed by atoms with Gasteiger partial charge < -0.3 is 9.73 Å². The normalized spacial score (nSPS) is 10.8.